The van der Waals surface area contributed by atoms with Gasteiger partial charge in [-0.2, -0.15) is 4.99 Å². The van der Waals surface area contributed by atoms with Gasteiger partial charge in [0.1, 0.15) is 0 Å². The monoisotopic (exact) mass is 403 g/mol. The minimum Gasteiger partial charge on any atom is -0.211 e. The van der Waals surface area contributed by atoms with Gasteiger partial charge in [-0.25, -0.2) is 4.79 Å². The average molecular weight is 403 g/mol. The molecule has 0 radical (unpaired) electrons. The molecule has 0 fully saturated rings. The first-order valence-electron chi connectivity index (χ1n) is 6.31. The first-order valence-corrected chi connectivity index (χ1v) is 8.20. The van der Waals surface area contributed by atoms with Gasteiger partial charge in [-0.3, -0.25) is 0 Å². The van der Waals surface area contributed by atoms with Crippen molar-refractivity contribution in [2.45, 2.75) is 9.79 Å². The molecule has 0 saturated carbocycles. The van der Waals surface area contributed by atoms with Crippen LogP contribution in [0.25, 0.3) is 10.8 Å². The van der Waals surface area contributed by atoms with E-state index in [0.717, 1.165) is 8.47 Å². The Morgan fingerprint density at radius 3 is 2.62 bits per heavy atom. The second-order valence-electron chi connectivity index (χ2n) is 4.40. The zero-order valence-electron chi connectivity index (χ0n) is 10.9. The van der Waals surface area contributed by atoms with E-state index in [1.165, 1.54) is 15.7 Å². The number of hydrogen-bond donors (Lipinski definition) is 0. The molecule has 0 aliphatic heterocycles. The van der Waals surface area contributed by atoms with Gasteiger partial charge in [0.2, 0.25) is 6.08 Å². The molecule has 0 aliphatic rings. The Morgan fingerprint density at radius 2 is 1.81 bits per heavy atom. The molecule has 0 N–H and O–H groups in total. The van der Waals surface area contributed by atoms with Crippen LogP contribution in [-0.4, -0.2) is 6.08 Å². The van der Waals surface area contributed by atoms with E-state index < -0.39 is 0 Å². The van der Waals surface area contributed by atoms with Gasteiger partial charge in [-0.15, -0.1) is 0 Å². The molecule has 2 nitrogen and oxygen atoms in total. The van der Waals surface area contributed by atoms with Crippen molar-refractivity contribution in [2.75, 3.05) is 0 Å². The van der Waals surface area contributed by atoms with E-state index in [4.69, 9.17) is 0 Å². The third kappa shape index (κ3) is 3.18. The Balaban J connectivity index is 1.99. The number of carbonyl (C=O) groups excluding carboxylic acids is 1. The van der Waals surface area contributed by atoms with Crippen molar-refractivity contribution in [1.29, 1.82) is 0 Å². The van der Waals surface area contributed by atoms with Crippen LogP contribution >= 0.6 is 34.4 Å². The van der Waals surface area contributed by atoms with Crippen LogP contribution in [-0.2, 0) is 4.79 Å². The predicted molar refractivity (Wildman–Crippen MR) is 95.0 cm³/mol. The lowest BCUT2D eigenvalue weighted by Crippen LogP contribution is -1.80. The van der Waals surface area contributed by atoms with Gasteiger partial charge in [0.25, 0.3) is 0 Å². The first-order chi connectivity index (χ1) is 10.3. The molecule has 3 rings (SSSR count). The lowest BCUT2D eigenvalue weighted by molar-refractivity contribution is 0.565. The maximum absolute atomic E-state index is 10.3. The van der Waals surface area contributed by atoms with Crippen molar-refractivity contribution in [3.8, 4) is 0 Å². The number of isocyanates is 1. The van der Waals surface area contributed by atoms with Crippen LogP contribution in [0.15, 0.2) is 75.4 Å². The predicted octanol–water partition coefficient (Wildman–Crippen LogP) is 5.56. The molecule has 3 aromatic rings. The van der Waals surface area contributed by atoms with E-state index in [0.29, 0.717) is 5.69 Å². The number of hydrogen-bond acceptors (Lipinski definition) is 3. The molecule has 102 valence electrons. The molecular weight excluding hydrogens is 393 g/mol. The lowest BCUT2D eigenvalue weighted by atomic mass is 10.1. The number of halogens is 1. The smallest absolute Gasteiger partial charge is 0.211 e. The fourth-order valence-corrected chi connectivity index (χ4v) is 3.96. The Hall–Kier alpha value is -1.62. The van der Waals surface area contributed by atoms with Gasteiger partial charge in [0.15, 0.2) is 0 Å². The maximum Gasteiger partial charge on any atom is 0.240 e. The van der Waals surface area contributed by atoms with E-state index >= 15 is 0 Å². The van der Waals surface area contributed by atoms with Crippen LogP contribution in [0.3, 0.4) is 0 Å². The number of rotatable bonds is 3. The quantitative estimate of drug-likeness (QED) is 0.325. The summed E-state index contributed by atoms with van der Waals surface area (Å²) in [5.41, 5.74) is 0.660. The summed E-state index contributed by atoms with van der Waals surface area (Å²) >= 11 is 3.90. The highest BCUT2D eigenvalue weighted by Gasteiger charge is 2.05. The van der Waals surface area contributed by atoms with Crippen molar-refractivity contribution in [2.24, 2.45) is 4.99 Å². The highest BCUT2D eigenvalue weighted by Crippen LogP contribution is 2.35. The van der Waals surface area contributed by atoms with Gasteiger partial charge in [-0.05, 0) is 57.6 Å². The Kier molecular flexibility index (Phi) is 4.39. The molecule has 0 heterocycles. The van der Waals surface area contributed by atoms with Crippen LogP contribution in [0.1, 0.15) is 0 Å². The Morgan fingerprint density at radius 1 is 1.00 bits per heavy atom. The van der Waals surface area contributed by atoms with Crippen molar-refractivity contribution < 1.29 is 4.79 Å². The third-order valence-corrected chi connectivity index (χ3v) is 4.99. The molecule has 0 spiro atoms. The summed E-state index contributed by atoms with van der Waals surface area (Å²) in [4.78, 5) is 16.4. The second-order valence-corrected chi connectivity index (χ2v) is 6.67. The minimum absolute atomic E-state index is 0.660. The van der Waals surface area contributed by atoms with Crippen molar-refractivity contribution in [1.82, 2.24) is 0 Å². The minimum atomic E-state index is 0.660. The zero-order valence-corrected chi connectivity index (χ0v) is 13.9. The van der Waals surface area contributed by atoms with Crippen LogP contribution in [0, 0.1) is 3.57 Å². The standard InChI is InChI=1S/C17H10INOS/c18-15-10-13(8-9-16(15)19-11-20)21-17-7-3-5-12-4-1-2-6-14(12)17/h1-10H. The number of fused-ring (bicyclic) bond motifs is 1. The number of nitrogens with zero attached hydrogens (tertiary/aromatic N) is 1. The van der Waals surface area contributed by atoms with Crippen LogP contribution in [0.5, 0.6) is 0 Å². The Labute approximate surface area is 140 Å². The molecule has 4 heteroatoms. The molecule has 0 unspecified atom stereocenters. The normalized spacial score (nSPS) is 10.3. The number of benzene rings is 3. The summed E-state index contributed by atoms with van der Waals surface area (Å²) in [5, 5.41) is 2.48. The molecule has 21 heavy (non-hydrogen) atoms. The lowest BCUT2D eigenvalue weighted by Gasteiger charge is -2.07. The van der Waals surface area contributed by atoms with Crippen molar-refractivity contribution in [3.05, 3.63) is 64.2 Å². The molecule has 0 amide bonds. The molecule has 0 aromatic heterocycles. The van der Waals surface area contributed by atoms with Crippen LogP contribution < -0.4 is 0 Å². The topological polar surface area (TPSA) is 29.4 Å². The summed E-state index contributed by atoms with van der Waals surface area (Å²) in [6.45, 7) is 0. The molecule has 0 aliphatic carbocycles. The fourth-order valence-electron chi connectivity index (χ4n) is 2.10. The van der Waals surface area contributed by atoms with E-state index in [9.17, 15) is 4.79 Å². The summed E-state index contributed by atoms with van der Waals surface area (Å²) in [7, 11) is 0. The van der Waals surface area contributed by atoms with E-state index in [-0.39, 0.29) is 0 Å². The molecule has 0 atom stereocenters. The highest BCUT2D eigenvalue weighted by molar-refractivity contribution is 14.1. The zero-order chi connectivity index (χ0) is 14.7. The molecule has 0 bridgehead atoms. The number of aliphatic imine (C=N–C) groups is 1. The van der Waals surface area contributed by atoms with Gasteiger partial charge >= 0.3 is 0 Å². The summed E-state index contributed by atoms with van der Waals surface area (Å²) in [6.07, 6.45) is 1.58. The van der Waals surface area contributed by atoms with Crippen molar-refractivity contribution in [3.63, 3.8) is 0 Å². The van der Waals surface area contributed by atoms with E-state index in [2.05, 4.69) is 64.0 Å². The molecule has 0 saturated heterocycles. The average Bonchev–Trinajstić information content (AvgIpc) is 2.51. The fraction of sp³-hybridized carbons (Fsp3) is 0. The van der Waals surface area contributed by atoms with Gasteiger partial charge in [0.05, 0.1) is 5.69 Å². The van der Waals surface area contributed by atoms with E-state index in [1.807, 2.05) is 24.3 Å². The third-order valence-electron chi connectivity index (χ3n) is 3.06. The summed E-state index contributed by atoms with van der Waals surface area (Å²) in [6, 6.07) is 20.5. The summed E-state index contributed by atoms with van der Waals surface area (Å²) < 4.78 is 0.946. The van der Waals surface area contributed by atoms with Crippen LogP contribution in [0.4, 0.5) is 5.69 Å². The van der Waals surface area contributed by atoms with E-state index in [1.54, 1.807) is 17.8 Å². The SMILES string of the molecule is O=C=Nc1ccc(Sc2cccc3ccccc23)cc1I. The van der Waals surface area contributed by atoms with Gasteiger partial charge in [0, 0.05) is 13.4 Å². The molecule has 3 aromatic carbocycles. The Bertz CT molecular complexity index is 851. The van der Waals surface area contributed by atoms with Gasteiger partial charge in [-0.1, -0.05) is 48.2 Å². The highest BCUT2D eigenvalue weighted by atomic mass is 127. The van der Waals surface area contributed by atoms with Crippen LogP contribution in [0.2, 0.25) is 0 Å². The summed E-state index contributed by atoms with van der Waals surface area (Å²) in [5.74, 6) is 0. The maximum atomic E-state index is 10.3. The van der Waals surface area contributed by atoms with Gasteiger partial charge < -0.3 is 0 Å². The van der Waals surface area contributed by atoms with Crippen molar-refractivity contribution >= 4 is 56.9 Å². The second kappa shape index (κ2) is 6.43. The molecular formula is C17H10INOS. The first kappa shape index (κ1) is 14.3. The largest absolute Gasteiger partial charge is 0.240 e.